The lowest BCUT2D eigenvalue weighted by atomic mass is 10.0. The molecule has 0 radical (unpaired) electrons. The van der Waals surface area contributed by atoms with E-state index in [9.17, 15) is 13.2 Å². The van der Waals surface area contributed by atoms with Crippen LogP contribution in [0, 0.1) is 3.57 Å². The molecule has 0 bridgehead atoms. The Bertz CT molecular complexity index is 808. The highest BCUT2D eigenvalue weighted by molar-refractivity contribution is 14.1. The highest BCUT2D eigenvalue weighted by atomic mass is 127. The zero-order valence-electron chi connectivity index (χ0n) is 14.1. The van der Waals surface area contributed by atoms with E-state index in [-0.39, 0.29) is 18.5 Å². The Morgan fingerprint density at radius 2 is 1.72 bits per heavy atom. The van der Waals surface area contributed by atoms with Crippen molar-refractivity contribution >= 4 is 44.2 Å². The topological polar surface area (TPSA) is 66.5 Å². The molecule has 0 aliphatic carbocycles. The van der Waals surface area contributed by atoms with Crippen molar-refractivity contribution in [3.05, 3.63) is 63.7 Å². The molecule has 1 amide bonds. The number of halogens is 1. The van der Waals surface area contributed by atoms with Gasteiger partial charge in [-0.15, -0.1) is 0 Å². The molecule has 0 unspecified atom stereocenters. The van der Waals surface area contributed by atoms with E-state index in [0.717, 1.165) is 26.1 Å². The van der Waals surface area contributed by atoms with Crippen LogP contribution in [-0.4, -0.2) is 27.1 Å². The molecule has 134 valence electrons. The lowest BCUT2D eigenvalue weighted by Gasteiger charge is -2.24. The monoisotopic (exact) mass is 472 g/mol. The zero-order chi connectivity index (χ0) is 18.4. The number of sulfonamides is 1. The van der Waals surface area contributed by atoms with Crippen LogP contribution in [0.25, 0.3) is 0 Å². The van der Waals surface area contributed by atoms with E-state index in [4.69, 9.17) is 0 Å². The molecule has 7 heteroatoms. The summed E-state index contributed by atoms with van der Waals surface area (Å²) in [7, 11) is -3.56. The third-order valence-electron chi connectivity index (χ3n) is 3.75. The number of amides is 1. The normalized spacial score (nSPS) is 12.4. The van der Waals surface area contributed by atoms with Gasteiger partial charge >= 0.3 is 0 Å². The third kappa shape index (κ3) is 5.71. The second-order valence-electron chi connectivity index (χ2n) is 5.69. The maximum absolute atomic E-state index is 12.5. The number of rotatable bonds is 7. The molecule has 2 aromatic carbocycles. The summed E-state index contributed by atoms with van der Waals surface area (Å²) >= 11 is 2.15. The van der Waals surface area contributed by atoms with E-state index in [1.807, 2.05) is 49.4 Å². The Labute approximate surface area is 162 Å². The van der Waals surface area contributed by atoms with Crippen molar-refractivity contribution in [2.45, 2.75) is 19.4 Å². The second kappa shape index (κ2) is 8.66. The molecule has 1 atom stereocenters. The van der Waals surface area contributed by atoms with E-state index in [0.29, 0.717) is 5.69 Å². The molecule has 0 saturated carbocycles. The summed E-state index contributed by atoms with van der Waals surface area (Å²) in [6.07, 6.45) is 1.82. The maximum atomic E-state index is 12.5. The number of carbonyl (C=O) groups excluding carboxylic acids is 1. The third-order valence-corrected chi connectivity index (χ3v) is 5.61. The molecule has 5 nitrogen and oxygen atoms in total. The molecule has 2 aromatic rings. The van der Waals surface area contributed by atoms with Gasteiger partial charge in [0.1, 0.15) is 6.54 Å². The second-order valence-corrected chi connectivity index (χ2v) is 8.84. The van der Waals surface area contributed by atoms with Crippen molar-refractivity contribution in [1.29, 1.82) is 0 Å². The first-order chi connectivity index (χ1) is 11.8. The van der Waals surface area contributed by atoms with E-state index in [2.05, 4.69) is 27.9 Å². The van der Waals surface area contributed by atoms with E-state index in [1.54, 1.807) is 12.1 Å². The van der Waals surface area contributed by atoms with Crippen molar-refractivity contribution in [3.63, 3.8) is 0 Å². The fraction of sp³-hybridized carbons (Fsp3) is 0.278. The molecule has 0 heterocycles. The summed E-state index contributed by atoms with van der Waals surface area (Å²) in [4.78, 5) is 12.5. The largest absolute Gasteiger partial charge is 0.348 e. The van der Waals surface area contributed by atoms with Crippen molar-refractivity contribution in [1.82, 2.24) is 5.32 Å². The van der Waals surface area contributed by atoms with Crippen LogP contribution in [0.15, 0.2) is 54.6 Å². The van der Waals surface area contributed by atoms with Gasteiger partial charge in [0.05, 0.1) is 18.0 Å². The van der Waals surface area contributed by atoms with Gasteiger partial charge < -0.3 is 5.32 Å². The van der Waals surface area contributed by atoms with Crippen molar-refractivity contribution < 1.29 is 13.2 Å². The van der Waals surface area contributed by atoms with Crippen LogP contribution in [-0.2, 0) is 14.8 Å². The molecule has 0 saturated heterocycles. The van der Waals surface area contributed by atoms with Crippen LogP contribution in [0.2, 0.25) is 0 Å². The summed E-state index contributed by atoms with van der Waals surface area (Å²) in [6.45, 7) is 1.73. The minimum absolute atomic E-state index is 0.146. The van der Waals surface area contributed by atoms with Crippen LogP contribution >= 0.6 is 22.6 Å². The van der Waals surface area contributed by atoms with Gasteiger partial charge in [-0.05, 0) is 58.8 Å². The fourth-order valence-electron chi connectivity index (χ4n) is 2.48. The zero-order valence-corrected chi connectivity index (χ0v) is 17.1. The predicted molar refractivity (Wildman–Crippen MR) is 109 cm³/mol. The number of nitrogens with one attached hydrogen (secondary N) is 1. The summed E-state index contributed by atoms with van der Waals surface area (Å²) in [5, 5.41) is 2.92. The Hall–Kier alpha value is -1.61. The lowest BCUT2D eigenvalue weighted by Crippen LogP contribution is -2.41. The van der Waals surface area contributed by atoms with Gasteiger partial charge in [0.2, 0.25) is 15.9 Å². The minimum Gasteiger partial charge on any atom is -0.348 e. The van der Waals surface area contributed by atoms with Crippen LogP contribution in [0.1, 0.15) is 24.9 Å². The molecular weight excluding hydrogens is 451 g/mol. The average Bonchev–Trinajstić information content (AvgIpc) is 2.58. The fourth-order valence-corrected chi connectivity index (χ4v) is 3.70. The molecule has 0 aliphatic rings. The number of nitrogens with zero attached hydrogens (tertiary/aromatic N) is 1. The highest BCUT2D eigenvalue weighted by Gasteiger charge is 2.22. The van der Waals surface area contributed by atoms with Crippen molar-refractivity contribution in [3.8, 4) is 0 Å². The highest BCUT2D eigenvalue weighted by Crippen LogP contribution is 2.20. The smallest absolute Gasteiger partial charge is 0.241 e. The SMILES string of the molecule is CC[C@H](NC(=O)CN(c1ccc(I)cc1)S(C)(=O)=O)c1ccccc1. The number of benzene rings is 2. The minimum atomic E-state index is -3.56. The van der Waals surface area contributed by atoms with Gasteiger partial charge in [-0.25, -0.2) is 8.42 Å². The average molecular weight is 472 g/mol. The maximum Gasteiger partial charge on any atom is 0.241 e. The summed E-state index contributed by atoms with van der Waals surface area (Å²) in [6, 6.07) is 16.5. The predicted octanol–water partition coefficient (Wildman–Crippen LogP) is 3.32. The van der Waals surface area contributed by atoms with Gasteiger partial charge in [-0.2, -0.15) is 0 Å². The van der Waals surface area contributed by atoms with Gasteiger partial charge in [0.25, 0.3) is 0 Å². The lowest BCUT2D eigenvalue weighted by molar-refractivity contribution is -0.120. The Morgan fingerprint density at radius 1 is 1.12 bits per heavy atom. The van der Waals surface area contributed by atoms with E-state index >= 15 is 0 Å². The Kier molecular flexibility index (Phi) is 6.83. The summed E-state index contributed by atoms with van der Waals surface area (Å²) < 4.78 is 26.4. The number of anilines is 1. The molecule has 25 heavy (non-hydrogen) atoms. The number of hydrogen-bond acceptors (Lipinski definition) is 3. The Morgan fingerprint density at radius 3 is 2.24 bits per heavy atom. The van der Waals surface area contributed by atoms with Crippen LogP contribution < -0.4 is 9.62 Å². The summed E-state index contributed by atoms with van der Waals surface area (Å²) in [5.74, 6) is -0.334. The number of hydrogen-bond donors (Lipinski definition) is 1. The first kappa shape index (κ1) is 19.7. The molecule has 0 aliphatic heterocycles. The standard InChI is InChI=1S/C18H21IN2O3S/c1-3-17(14-7-5-4-6-8-14)20-18(22)13-21(25(2,23)24)16-11-9-15(19)10-12-16/h4-12,17H,3,13H2,1-2H3,(H,20,22)/t17-/m0/s1. The molecule has 2 rings (SSSR count). The molecule has 0 fully saturated rings. The van der Waals surface area contributed by atoms with Gasteiger partial charge in [-0.3, -0.25) is 9.10 Å². The van der Waals surface area contributed by atoms with E-state index in [1.165, 1.54) is 0 Å². The molecule has 0 spiro atoms. The number of carbonyl (C=O) groups is 1. The quantitative estimate of drug-likeness (QED) is 0.629. The molecular formula is C18H21IN2O3S. The van der Waals surface area contributed by atoms with Crippen LogP contribution in [0.5, 0.6) is 0 Å². The van der Waals surface area contributed by atoms with E-state index < -0.39 is 10.0 Å². The van der Waals surface area contributed by atoms with Crippen LogP contribution in [0.3, 0.4) is 0 Å². The molecule has 0 aromatic heterocycles. The van der Waals surface area contributed by atoms with Crippen molar-refractivity contribution in [2.24, 2.45) is 0 Å². The van der Waals surface area contributed by atoms with Crippen LogP contribution in [0.4, 0.5) is 5.69 Å². The van der Waals surface area contributed by atoms with Gasteiger partial charge in [-0.1, -0.05) is 37.3 Å². The van der Waals surface area contributed by atoms with Gasteiger partial charge in [0, 0.05) is 3.57 Å². The molecule has 1 N–H and O–H groups in total. The summed E-state index contributed by atoms with van der Waals surface area (Å²) in [5.41, 5.74) is 1.48. The van der Waals surface area contributed by atoms with Gasteiger partial charge in [0.15, 0.2) is 0 Å². The van der Waals surface area contributed by atoms with Crippen molar-refractivity contribution in [2.75, 3.05) is 17.1 Å². The Balaban J connectivity index is 2.15. The first-order valence-electron chi connectivity index (χ1n) is 7.89. The first-order valence-corrected chi connectivity index (χ1v) is 10.8.